The summed E-state index contributed by atoms with van der Waals surface area (Å²) in [6.45, 7) is 4.17. The van der Waals surface area contributed by atoms with Gasteiger partial charge in [-0.1, -0.05) is 18.2 Å². The van der Waals surface area contributed by atoms with E-state index in [0.29, 0.717) is 5.92 Å². The molecule has 0 aliphatic carbocycles. The monoisotopic (exact) mass is 376 g/mol. The number of piperidine rings is 1. The van der Waals surface area contributed by atoms with Crippen LogP contribution in [0.4, 0.5) is 4.39 Å². The lowest BCUT2D eigenvalue weighted by molar-refractivity contribution is 0.0571. The zero-order valence-electron chi connectivity index (χ0n) is 16.3. The van der Waals surface area contributed by atoms with E-state index in [1.807, 2.05) is 24.3 Å². The summed E-state index contributed by atoms with van der Waals surface area (Å²) in [5, 5.41) is 1.19. The number of benzene rings is 2. The van der Waals surface area contributed by atoms with Gasteiger partial charge >= 0.3 is 0 Å². The zero-order chi connectivity index (χ0) is 19.4. The van der Waals surface area contributed by atoms with E-state index in [2.05, 4.69) is 29.8 Å². The van der Waals surface area contributed by atoms with Gasteiger partial charge in [-0.15, -0.1) is 0 Å². The molecule has 2 fully saturated rings. The molecule has 4 heteroatoms. The van der Waals surface area contributed by atoms with Gasteiger partial charge in [-0.3, -0.25) is 4.79 Å². The molecule has 3 heterocycles. The standard InChI is InChI=1S/C24H25FN2O/c1-14-15(2)26-23-13-17(5-10-22(14)23)24(28)27-20-8-9-21(27)12-18(11-20)16-3-6-19(25)7-4-16/h3-7,10,13,18,20-21,26H,8-9,11-12H2,1-2H3/t18-,20+,21-. The number of carbonyl (C=O) groups is 1. The van der Waals surface area contributed by atoms with Gasteiger partial charge in [-0.2, -0.15) is 0 Å². The van der Waals surface area contributed by atoms with Crippen molar-refractivity contribution in [2.24, 2.45) is 0 Å². The molecular weight excluding hydrogens is 351 g/mol. The summed E-state index contributed by atoms with van der Waals surface area (Å²) in [5.41, 5.74) is 5.40. The summed E-state index contributed by atoms with van der Waals surface area (Å²) < 4.78 is 13.3. The van der Waals surface area contributed by atoms with Crippen LogP contribution in [-0.4, -0.2) is 27.9 Å². The van der Waals surface area contributed by atoms with Crippen LogP contribution in [0.2, 0.25) is 0 Å². The van der Waals surface area contributed by atoms with Gasteiger partial charge in [0.1, 0.15) is 5.82 Å². The van der Waals surface area contributed by atoms with E-state index in [-0.39, 0.29) is 23.8 Å². The number of amides is 1. The molecule has 0 radical (unpaired) electrons. The molecule has 1 N–H and O–H groups in total. The average molecular weight is 376 g/mol. The Hall–Kier alpha value is -2.62. The minimum absolute atomic E-state index is 0.150. The maximum Gasteiger partial charge on any atom is 0.254 e. The average Bonchev–Trinajstić information content (AvgIpc) is 3.13. The van der Waals surface area contributed by atoms with Gasteiger partial charge in [-0.05, 0) is 80.8 Å². The molecule has 3 nitrogen and oxygen atoms in total. The molecule has 2 aliphatic rings. The molecule has 5 rings (SSSR count). The summed E-state index contributed by atoms with van der Waals surface area (Å²) in [6, 6.07) is 13.5. The lowest BCUT2D eigenvalue weighted by atomic mass is 9.84. The lowest BCUT2D eigenvalue weighted by Gasteiger charge is -2.39. The van der Waals surface area contributed by atoms with E-state index in [9.17, 15) is 9.18 Å². The fourth-order valence-corrected chi connectivity index (χ4v) is 5.27. The summed E-state index contributed by atoms with van der Waals surface area (Å²) in [7, 11) is 0. The number of nitrogens with zero attached hydrogens (tertiary/aromatic N) is 1. The Morgan fingerprint density at radius 2 is 1.71 bits per heavy atom. The molecular formula is C24H25FN2O. The first-order valence-electron chi connectivity index (χ1n) is 10.2. The lowest BCUT2D eigenvalue weighted by Crippen LogP contribution is -2.46. The molecule has 0 spiro atoms. The van der Waals surface area contributed by atoms with Crippen molar-refractivity contribution in [2.75, 3.05) is 0 Å². The molecule has 3 aromatic rings. The fraction of sp³-hybridized carbons (Fsp3) is 0.375. The van der Waals surface area contributed by atoms with E-state index < -0.39 is 0 Å². The van der Waals surface area contributed by atoms with Crippen LogP contribution < -0.4 is 0 Å². The quantitative estimate of drug-likeness (QED) is 0.632. The van der Waals surface area contributed by atoms with Crippen molar-refractivity contribution in [1.82, 2.24) is 9.88 Å². The van der Waals surface area contributed by atoms with Crippen LogP contribution in [0.5, 0.6) is 0 Å². The smallest absolute Gasteiger partial charge is 0.254 e. The second-order valence-corrected chi connectivity index (χ2v) is 8.45. The number of fused-ring (bicyclic) bond motifs is 3. The number of H-pyrrole nitrogens is 1. The SMILES string of the molecule is Cc1[nH]c2cc(C(=O)N3[C@@H]4CC[C@H]3C[C@@H](c3ccc(F)cc3)C4)ccc2c1C. The molecule has 0 unspecified atom stereocenters. The van der Waals surface area contributed by atoms with E-state index in [4.69, 9.17) is 0 Å². The number of halogens is 1. The Balaban J connectivity index is 1.40. The normalized spacial score (nSPS) is 24.1. The highest BCUT2D eigenvalue weighted by Gasteiger charge is 2.43. The van der Waals surface area contributed by atoms with Gasteiger partial charge in [-0.25, -0.2) is 4.39 Å². The zero-order valence-corrected chi connectivity index (χ0v) is 16.3. The van der Waals surface area contributed by atoms with Crippen LogP contribution >= 0.6 is 0 Å². The van der Waals surface area contributed by atoms with E-state index >= 15 is 0 Å². The first-order chi connectivity index (χ1) is 13.5. The molecule has 28 heavy (non-hydrogen) atoms. The Morgan fingerprint density at radius 1 is 1.04 bits per heavy atom. The van der Waals surface area contributed by atoms with Gasteiger partial charge in [0.05, 0.1) is 0 Å². The van der Waals surface area contributed by atoms with Crippen LogP contribution in [0, 0.1) is 19.7 Å². The van der Waals surface area contributed by atoms with Crippen LogP contribution in [0.3, 0.4) is 0 Å². The van der Waals surface area contributed by atoms with Crippen LogP contribution in [0.15, 0.2) is 42.5 Å². The van der Waals surface area contributed by atoms with Gasteiger partial charge in [0.2, 0.25) is 0 Å². The largest absolute Gasteiger partial charge is 0.358 e. The highest BCUT2D eigenvalue weighted by atomic mass is 19.1. The summed E-state index contributed by atoms with van der Waals surface area (Å²) in [5.74, 6) is 0.375. The third kappa shape index (κ3) is 2.74. The Morgan fingerprint density at radius 3 is 2.39 bits per heavy atom. The minimum atomic E-state index is -0.190. The number of aromatic nitrogens is 1. The van der Waals surface area contributed by atoms with Crippen molar-refractivity contribution in [3.8, 4) is 0 Å². The van der Waals surface area contributed by atoms with E-state index in [1.54, 1.807) is 12.1 Å². The molecule has 0 saturated carbocycles. The van der Waals surface area contributed by atoms with Crippen molar-refractivity contribution in [1.29, 1.82) is 0 Å². The molecule has 2 aliphatic heterocycles. The highest BCUT2D eigenvalue weighted by Crippen LogP contribution is 2.43. The number of nitrogens with one attached hydrogen (secondary N) is 1. The van der Waals surface area contributed by atoms with E-state index in [1.165, 1.54) is 16.5 Å². The van der Waals surface area contributed by atoms with Crippen molar-refractivity contribution in [2.45, 2.75) is 57.5 Å². The van der Waals surface area contributed by atoms with Crippen molar-refractivity contribution < 1.29 is 9.18 Å². The van der Waals surface area contributed by atoms with Crippen LogP contribution in [0.25, 0.3) is 10.9 Å². The third-order valence-corrected chi connectivity index (χ3v) is 6.86. The second kappa shape index (κ2) is 6.47. The molecule has 3 atom stereocenters. The third-order valence-electron chi connectivity index (χ3n) is 6.86. The molecule has 1 amide bonds. The van der Waals surface area contributed by atoms with Gasteiger partial charge in [0, 0.05) is 34.2 Å². The summed E-state index contributed by atoms with van der Waals surface area (Å²) in [4.78, 5) is 18.9. The number of aryl methyl sites for hydroxylation is 2. The Kier molecular flexibility index (Phi) is 4.04. The molecule has 2 saturated heterocycles. The minimum Gasteiger partial charge on any atom is -0.358 e. The number of carbonyl (C=O) groups excluding carboxylic acids is 1. The topological polar surface area (TPSA) is 36.1 Å². The fourth-order valence-electron chi connectivity index (χ4n) is 5.27. The molecule has 2 aromatic carbocycles. The maximum atomic E-state index is 13.3. The number of aromatic amines is 1. The predicted molar refractivity (Wildman–Crippen MR) is 109 cm³/mol. The molecule has 144 valence electrons. The van der Waals surface area contributed by atoms with Crippen molar-refractivity contribution >= 4 is 16.8 Å². The number of hydrogen-bond donors (Lipinski definition) is 1. The van der Waals surface area contributed by atoms with Gasteiger partial charge in [0.15, 0.2) is 0 Å². The molecule has 1 aromatic heterocycles. The highest BCUT2D eigenvalue weighted by molar-refractivity contribution is 5.99. The number of hydrogen-bond acceptors (Lipinski definition) is 1. The Labute approximate surface area is 164 Å². The van der Waals surface area contributed by atoms with Crippen LogP contribution in [0.1, 0.15) is 58.8 Å². The first-order valence-corrected chi connectivity index (χ1v) is 10.2. The van der Waals surface area contributed by atoms with Crippen molar-refractivity contribution in [3.05, 3.63) is 70.7 Å². The van der Waals surface area contributed by atoms with E-state index in [0.717, 1.165) is 42.5 Å². The predicted octanol–water partition coefficient (Wildman–Crippen LogP) is 5.47. The van der Waals surface area contributed by atoms with Crippen molar-refractivity contribution in [3.63, 3.8) is 0 Å². The van der Waals surface area contributed by atoms with Gasteiger partial charge < -0.3 is 9.88 Å². The molecule has 2 bridgehead atoms. The first kappa shape index (κ1) is 17.5. The number of rotatable bonds is 2. The maximum absolute atomic E-state index is 13.3. The second-order valence-electron chi connectivity index (χ2n) is 8.45. The van der Waals surface area contributed by atoms with Crippen LogP contribution in [-0.2, 0) is 0 Å². The summed E-state index contributed by atoms with van der Waals surface area (Å²) in [6.07, 6.45) is 4.07. The Bertz CT molecular complexity index is 1040. The summed E-state index contributed by atoms with van der Waals surface area (Å²) >= 11 is 0. The van der Waals surface area contributed by atoms with Gasteiger partial charge in [0.25, 0.3) is 5.91 Å².